The molecule has 0 aliphatic carbocycles. The quantitative estimate of drug-likeness (QED) is 0.697. The van der Waals surface area contributed by atoms with Crippen molar-refractivity contribution in [3.63, 3.8) is 0 Å². The summed E-state index contributed by atoms with van der Waals surface area (Å²) in [7, 11) is 0. The van der Waals surface area contributed by atoms with Gasteiger partial charge in [-0.25, -0.2) is 0 Å². The highest BCUT2D eigenvalue weighted by atomic mass is 35.5. The molecule has 25 heavy (non-hydrogen) atoms. The zero-order valence-corrected chi connectivity index (χ0v) is 15.3. The largest absolute Gasteiger partial charge is 0.484 e. The Balaban J connectivity index is 1.66. The predicted molar refractivity (Wildman–Crippen MR) is 98.8 cm³/mol. The van der Waals surface area contributed by atoms with Gasteiger partial charge in [-0.1, -0.05) is 34.8 Å². The minimum absolute atomic E-state index is 0.123. The lowest BCUT2D eigenvalue weighted by Crippen LogP contribution is -2.36. The molecule has 8 heteroatoms. The highest BCUT2D eigenvalue weighted by molar-refractivity contribution is 6.42. The predicted octanol–water partition coefficient (Wildman–Crippen LogP) is 3.57. The average molecular weight is 402 g/mol. The Labute approximate surface area is 160 Å². The Morgan fingerprint density at radius 3 is 2.24 bits per heavy atom. The van der Waals surface area contributed by atoms with E-state index in [1.54, 1.807) is 36.4 Å². The highest BCUT2D eigenvalue weighted by Gasteiger charge is 2.08. The lowest BCUT2D eigenvalue weighted by Gasteiger charge is -2.09. The van der Waals surface area contributed by atoms with Crippen molar-refractivity contribution in [3.8, 4) is 5.75 Å². The van der Waals surface area contributed by atoms with Crippen LogP contribution >= 0.6 is 34.8 Å². The van der Waals surface area contributed by atoms with E-state index in [9.17, 15) is 9.59 Å². The third-order valence-corrected chi connectivity index (χ3v) is 4.09. The van der Waals surface area contributed by atoms with E-state index in [2.05, 4.69) is 10.6 Å². The molecule has 132 valence electrons. The first-order valence-electron chi connectivity index (χ1n) is 7.34. The van der Waals surface area contributed by atoms with Gasteiger partial charge in [-0.3, -0.25) is 9.59 Å². The smallest absolute Gasteiger partial charge is 0.258 e. The van der Waals surface area contributed by atoms with Crippen LogP contribution in [0.25, 0.3) is 0 Å². The molecule has 0 spiro atoms. The van der Waals surface area contributed by atoms with Gasteiger partial charge in [0, 0.05) is 23.7 Å². The van der Waals surface area contributed by atoms with Crippen molar-refractivity contribution >= 4 is 46.6 Å². The summed E-state index contributed by atoms with van der Waals surface area (Å²) in [5, 5.41) is 6.59. The number of amides is 2. The molecule has 0 aliphatic rings. The monoisotopic (exact) mass is 400 g/mol. The van der Waals surface area contributed by atoms with E-state index >= 15 is 0 Å². The molecular weight excluding hydrogens is 387 g/mol. The summed E-state index contributed by atoms with van der Waals surface area (Å²) < 4.78 is 5.31. The Morgan fingerprint density at radius 2 is 1.56 bits per heavy atom. The molecule has 0 fully saturated rings. The fraction of sp³-hybridized carbons (Fsp3) is 0.176. The van der Waals surface area contributed by atoms with Crippen molar-refractivity contribution in [2.24, 2.45) is 0 Å². The standard InChI is InChI=1S/C17H15Cl3N2O3/c18-12-2-4-13(5-3-12)25-10-16(23)21-7-8-22-17(24)11-1-6-14(19)15(20)9-11/h1-6,9H,7-8,10H2,(H,21,23)(H,22,24). The molecular formula is C17H15Cl3N2O3. The van der Waals surface area contributed by atoms with Crippen LogP contribution in [0.2, 0.25) is 15.1 Å². The van der Waals surface area contributed by atoms with Crippen LogP contribution in [0.3, 0.4) is 0 Å². The van der Waals surface area contributed by atoms with E-state index in [1.807, 2.05) is 0 Å². The average Bonchev–Trinajstić information content (AvgIpc) is 2.60. The second-order valence-corrected chi connectivity index (χ2v) is 6.23. The van der Waals surface area contributed by atoms with Crippen LogP contribution in [0.1, 0.15) is 10.4 Å². The van der Waals surface area contributed by atoms with Gasteiger partial charge >= 0.3 is 0 Å². The van der Waals surface area contributed by atoms with Gasteiger partial charge in [-0.2, -0.15) is 0 Å². The summed E-state index contributed by atoms with van der Waals surface area (Å²) in [6, 6.07) is 11.3. The topological polar surface area (TPSA) is 67.4 Å². The lowest BCUT2D eigenvalue weighted by atomic mass is 10.2. The minimum Gasteiger partial charge on any atom is -0.484 e. The molecule has 0 saturated carbocycles. The first kappa shape index (κ1) is 19.4. The summed E-state index contributed by atoms with van der Waals surface area (Å²) in [5.74, 6) is -0.0450. The number of carbonyl (C=O) groups is 2. The maximum Gasteiger partial charge on any atom is 0.258 e. The highest BCUT2D eigenvalue weighted by Crippen LogP contribution is 2.22. The molecule has 0 radical (unpaired) electrons. The second-order valence-electron chi connectivity index (χ2n) is 4.98. The van der Waals surface area contributed by atoms with Gasteiger partial charge in [0.25, 0.3) is 11.8 Å². The van der Waals surface area contributed by atoms with Crippen LogP contribution in [0.4, 0.5) is 0 Å². The maximum absolute atomic E-state index is 11.9. The summed E-state index contributed by atoms with van der Waals surface area (Å²) in [6.07, 6.45) is 0. The van der Waals surface area contributed by atoms with E-state index in [0.29, 0.717) is 26.4 Å². The van der Waals surface area contributed by atoms with Crippen LogP contribution in [0.15, 0.2) is 42.5 Å². The van der Waals surface area contributed by atoms with Crippen molar-refractivity contribution in [1.29, 1.82) is 0 Å². The fourth-order valence-corrected chi connectivity index (χ4v) is 2.27. The minimum atomic E-state index is -0.301. The van der Waals surface area contributed by atoms with E-state index < -0.39 is 0 Å². The third-order valence-electron chi connectivity index (χ3n) is 3.10. The first-order chi connectivity index (χ1) is 12.0. The third kappa shape index (κ3) is 6.46. The number of benzene rings is 2. The number of hydrogen-bond acceptors (Lipinski definition) is 3. The number of nitrogens with one attached hydrogen (secondary N) is 2. The fourth-order valence-electron chi connectivity index (χ4n) is 1.85. The molecule has 0 unspecified atom stereocenters. The van der Waals surface area contributed by atoms with Crippen molar-refractivity contribution in [1.82, 2.24) is 10.6 Å². The normalized spacial score (nSPS) is 10.2. The Kier molecular flexibility index (Phi) is 7.37. The second kappa shape index (κ2) is 9.51. The van der Waals surface area contributed by atoms with Crippen molar-refractivity contribution in [3.05, 3.63) is 63.1 Å². The Hall–Kier alpha value is -1.95. The van der Waals surface area contributed by atoms with E-state index in [-0.39, 0.29) is 31.5 Å². The molecule has 0 bridgehead atoms. The van der Waals surface area contributed by atoms with Crippen LogP contribution < -0.4 is 15.4 Å². The Bertz CT molecular complexity index is 751. The molecule has 0 saturated heterocycles. The Morgan fingerprint density at radius 1 is 0.880 bits per heavy atom. The van der Waals surface area contributed by atoms with Gasteiger partial charge in [0.15, 0.2) is 6.61 Å². The SMILES string of the molecule is O=C(COc1ccc(Cl)cc1)NCCNC(=O)c1ccc(Cl)c(Cl)c1. The molecule has 2 N–H and O–H groups in total. The number of hydrogen-bond donors (Lipinski definition) is 2. The van der Waals surface area contributed by atoms with Gasteiger partial charge < -0.3 is 15.4 Å². The number of rotatable bonds is 7. The van der Waals surface area contributed by atoms with E-state index in [1.165, 1.54) is 6.07 Å². The lowest BCUT2D eigenvalue weighted by molar-refractivity contribution is -0.123. The van der Waals surface area contributed by atoms with Crippen LogP contribution in [-0.2, 0) is 4.79 Å². The molecule has 2 aromatic rings. The summed E-state index contributed by atoms with van der Waals surface area (Å²) in [4.78, 5) is 23.6. The van der Waals surface area contributed by atoms with Crippen molar-refractivity contribution in [2.45, 2.75) is 0 Å². The molecule has 0 aromatic heterocycles. The van der Waals surface area contributed by atoms with Crippen LogP contribution in [-0.4, -0.2) is 31.5 Å². The summed E-state index contributed by atoms with van der Waals surface area (Å²) in [6.45, 7) is 0.421. The summed E-state index contributed by atoms with van der Waals surface area (Å²) >= 11 is 17.4. The van der Waals surface area contributed by atoms with Crippen LogP contribution in [0, 0.1) is 0 Å². The molecule has 0 aliphatic heterocycles. The van der Waals surface area contributed by atoms with Crippen molar-refractivity contribution in [2.75, 3.05) is 19.7 Å². The zero-order valence-electron chi connectivity index (χ0n) is 13.0. The van der Waals surface area contributed by atoms with Gasteiger partial charge in [0.2, 0.25) is 0 Å². The van der Waals surface area contributed by atoms with Gasteiger partial charge in [-0.15, -0.1) is 0 Å². The van der Waals surface area contributed by atoms with Crippen molar-refractivity contribution < 1.29 is 14.3 Å². The molecule has 0 heterocycles. The van der Waals surface area contributed by atoms with Gasteiger partial charge in [-0.05, 0) is 42.5 Å². The van der Waals surface area contributed by atoms with Gasteiger partial charge in [0.1, 0.15) is 5.75 Å². The van der Waals surface area contributed by atoms with Crippen LogP contribution in [0.5, 0.6) is 5.75 Å². The molecule has 2 rings (SSSR count). The first-order valence-corrected chi connectivity index (χ1v) is 8.47. The number of ether oxygens (including phenoxy) is 1. The number of carbonyl (C=O) groups excluding carboxylic acids is 2. The molecule has 5 nitrogen and oxygen atoms in total. The maximum atomic E-state index is 11.9. The van der Waals surface area contributed by atoms with E-state index in [0.717, 1.165) is 0 Å². The van der Waals surface area contributed by atoms with Gasteiger partial charge in [0.05, 0.1) is 10.0 Å². The molecule has 2 amide bonds. The molecule has 2 aromatic carbocycles. The summed E-state index contributed by atoms with van der Waals surface area (Å²) in [5.41, 5.74) is 0.395. The van der Waals surface area contributed by atoms with E-state index in [4.69, 9.17) is 39.5 Å². The zero-order chi connectivity index (χ0) is 18.2. The number of halogens is 3. The molecule has 0 atom stereocenters.